The molecule has 0 aliphatic carbocycles. The van der Waals surface area contributed by atoms with Crippen LogP contribution in [0.3, 0.4) is 0 Å². The maximum Gasteiger partial charge on any atom is 0.120 e. The van der Waals surface area contributed by atoms with Crippen molar-refractivity contribution in [3.63, 3.8) is 0 Å². The second-order valence-corrected chi connectivity index (χ2v) is 4.51. The molecule has 1 N–H and O–H groups in total. The largest absolute Gasteiger partial charge is 0.468 e. The minimum Gasteiger partial charge on any atom is -0.468 e. The minimum atomic E-state index is 0.278. The first-order valence-electron chi connectivity index (χ1n) is 6.04. The fourth-order valence-electron chi connectivity index (χ4n) is 1.45. The molecule has 0 fully saturated rings. The smallest absolute Gasteiger partial charge is 0.120 e. The average Bonchev–Trinajstić information content (AvgIpc) is 2.75. The fraction of sp³-hybridized carbons (Fsp3) is 0.692. The molecule has 1 heterocycles. The zero-order valence-electron chi connectivity index (χ0n) is 10.5. The maximum atomic E-state index is 5.50. The summed E-state index contributed by atoms with van der Waals surface area (Å²) in [7, 11) is 0. The molecular formula is C13H23NO2. The molecule has 1 unspecified atom stereocenters. The minimum absolute atomic E-state index is 0.278. The van der Waals surface area contributed by atoms with Gasteiger partial charge in [0.15, 0.2) is 0 Å². The Labute approximate surface area is 98.2 Å². The molecule has 1 rings (SSSR count). The molecule has 3 nitrogen and oxygen atoms in total. The summed E-state index contributed by atoms with van der Waals surface area (Å²) in [4.78, 5) is 0. The molecule has 16 heavy (non-hydrogen) atoms. The van der Waals surface area contributed by atoms with Crippen LogP contribution in [0.1, 0.15) is 39.0 Å². The van der Waals surface area contributed by atoms with E-state index in [2.05, 4.69) is 26.1 Å². The molecule has 0 spiro atoms. The highest BCUT2D eigenvalue weighted by Crippen LogP contribution is 2.11. The number of nitrogens with one attached hydrogen (secondary N) is 1. The van der Waals surface area contributed by atoms with E-state index in [0.29, 0.717) is 5.92 Å². The molecule has 0 radical (unpaired) electrons. The lowest BCUT2D eigenvalue weighted by molar-refractivity contribution is 0.107. The Bertz CT molecular complexity index is 257. The molecule has 0 aliphatic heterocycles. The molecule has 0 bridgehead atoms. The number of ether oxygens (including phenoxy) is 1. The summed E-state index contributed by atoms with van der Waals surface area (Å²) in [6.07, 6.45) is 2.75. The van der Waals surface area contributed by atoms with Crippen molar-refractivity contribution < 1.29 is 9.15 Å². The molecule has 1 aromatic rings. The van der Waals surface area contributed by atoms with Gasteiger partial charge in [0.05, 0.1) is 12.3 Å². The predicted octanol–water partition coefficient (Wildman–Crippen LogP) is 2.99. The van der Waals surface area contributed by atoms with Gasteiger partial charge in [-0.3, -0.25) is 0 Å². The van der Waals surface area contributed by atoms with Crippen molar-refractivity contribution in [2.45, 2.75) is 33.2 Å². The first kappa shape index (κ1) is 13.3. The monoisotopic (exact) mass is 225 g/mol. The van der Waals surface area contributed by atoms with E-state index in [-0.39, 0.29) is 6.04 Å². The molecule has 0 saturated heterocycles. The highest BCUT2D eigenvalue weighted by Gasteiger charge is 2.05. The van der Waals surface area contributed by atoms with Gasteiger partial charge in [-0.05, 0) is 37.9 Å². The first-order valence-corrected chi connectivity index (χ1v) is 6.04. The summed E-state index contributed by atoms with van der Waals surface area (Å²) in [6.45, 7) is 9.08. The van der Waals surface area contributed by atoms with Crippen molar-refractivity contribution in [3.05, 3.63) is 24.2 Å². The molecule has 92 valence electrons. The number of furan rings is 1. The molecule has 3 heteroatoms. The van der Waals surface area contributed by atoms with Gasteiger partial charge in [-0.1, -0.05) is 13.8 Å². The lowest BCUT2D eigenvalue weighted by atomic mass is 10.2. The summed E-state index contributed by atoms with van der Waals surface area (Å²) in [5.74, 6) is 1.61. The van der Waals surface area contributed by atoms with Crippen LogP contribution in [-0.2, 0) is 4.74 Å². The number of hydrogen-bond acceptors (Lipinski definition) is 3. The highest BCUT2D eigenvalue weighted by atomic mass is 16.5. The SMILES string of the molecule is CC(C)COCCCNC(C)c1ccco1. The van der Waals surface area contributed by atoms with E-state index in [1.807, 2.05) is 12.1 Å². The predicted molar refractivity (Wildman–Crippen MR) is 65.4 cm³/mol. The normalized spacial score (nSPS) is 13.2. The van der Waals surface area contributed by atoms with Crippen LogP contribution in [0.5, 0.6) is 0 Å². The van der Waals surface area contributed by atoms with E-state index in [9.17, 15) is 0 Å². The summed E-state index contributed by atoms with van der Waals surface area (Å²) in [5.41, 5.74) is 0. The third kappa shape index (κ3) is 5.33. The van der Waals surface area contributed by atoms with Crippen LogP contribution in [0.2, 0.25) is 0 Å². The Hall–Kier alpha value is -0.800. The summed E-state index contributed by atoms with van der Waals surface area (Å²) >= 11 is 0. The molecule has 1 aromatic heterocycles. The van der Waals surface area contributed by atoms with Crippen LogP contribution >= 0.6 is 0 Å². The molecule has 0 aliphatic rings. The van der Waals surface area contributed by atoms with Gasteiger partial charge >= 0.3 is 0 Å². The van der Waals surface area contributed by atoms with E-state index in [4.69, 9.17) is 9.15 Å². The van der Waals surface area contributed by atoms with Gasteiger partial charge in [0.25, 0.3) is 0 Å². The summed E-state index contributed by atoms with van der Waals surface area (Å²) < 4.78 is 10.8. The quantitative estimate of drug-likeness (QED) is 0.691. The lowest BCUT2D eigenvalue weighted by Crippen LogP contribution is -2.20. The van der Waals surface area contributed by atoms with Gasteiger partial charge in [0, 0.05) is 13.2 Å². The lowest BCUT2D eigenvalue weighted by Gasteiger charge is -2.11. The Balaban J connectivity index is 1.99. The van der Waals surface area contributed by atoms with Crippen LogP contribution in [0.25, 0.3) is 0 Å². The number of hydrogen-bond donors (Lipinski definition) is 1. The summed E-state index contributed by atoms with van der Waals surface area (Å²) in [6, 6.07) is 4.19. The van der Waals surface area contributed by atoms with Gasteiger partial charge in [0.1, 0.15) is 5.76 Å². The van der Waals surface area contributed by atoms with E-state index in [1.165, 1.54) is 0 Å². The van der Waals surface area contributed by atoms with E-state index in [0.717, 1.165) is 31.9 Å². The van der Waals surface area contributed by atoms with E-state index in [1.54, 1.807) is 6.26 Å². The van der Waals surface area contributed by atoms with Gasteiger partial charge in [-0.15, -0.1) is 0 Å². The zero-order chi connectivity index (χ0) is 11.8. The van der Waals surface area contributed by atoms with Crippen LogP contribution in [0, 0.1) is 5.92 Å². The van der Waals surface area contributed by atoms with Crippen LogP contribution < -0.4 is 5.32 Å². The Kier molecular flexibility index (Phi) is 6.19. The van der Waals surface area contributed by atoms with Crippen molar-refractivity contribution in [1.29, 1.82) is 0 Å². The van der Waals surface area contributed by atoms with Gasteiger partial charge in [0.2, 0.25) is 0 Å². The average molecular weight is 225 g/mol. The van der Waals surface area contributed by atoms with E-state index < -0.39 is 0 Å². The van der Waals surface area contributed by atoms with Crippen molar-refractivity contribution in [2.75, 3.05) is 19.8 Å². The molecule has 0 aromatic carbocycles. The Morgan fingerprint density at radius 3 is 2.81 bits per heavy atom. The Morgan fingerprint density at radius 1 is 1.38 bits per heavy atom. The van der Waals surface area contributed by atoms with Crippen LogP contribution in [-0.4, -0.2) is 19.8 Å². The van der Waals surface area contributed by atoms with Crippen LogP contribution in [0.15, 0.2) is 22.8 Å². The van der Waals surface area contributed by atoms with Crippen molar-refractivity contribution in [1.82, 2.24) is 5.32 Å². The first-order chi connectivity index (χ1) is 7.70. The molecule has 1 atom stereocenters. The topological polar surface area (TPSA) is 34.4 Å². The molecule has 0 saturated carbocycles. The highest BCUT2D eigenvalue weighted by molar-refractivity contribution is 5.02. The van der Waals surface area contributed by atoms with Crippen molar-refractivity contribution >= 4 is 0 Å². The van der Waals surface area contributed by atoms with Crippen molar-refractivity contribution in [2.24, 2.45) is 5.92 Å². The molecular weight excluding hydrogens is 202 g/mol. The van der Waals surface area contributed by atoms with Gasteiger partial charge < -0.3 is 14.5 Å². The zero-order valence-corrected chi connectivity index (χ0v) is 10.5. The van der Waals surface area contributed by atoms with Crippen LogP contribution in [0.4, 0.5) is 0 Å². The van der Waals surface area contributed by atoms with Gasteiger partial charge in [-0.2, -0.15) is 0 Å². The molecule has 0 amide bonds. The standard InChI is InChI=1S/C13H23NO2/c1-11(2)10-15-8-5-7-14-12(3)13-6-4-9-16-13/h4,6,9,11-12,14H,5,7-8,10H2,1-3H3. The third-order valence-electron chi connectivity index (χ3n) is 2.34. The second kappa shape index (κ2) is 7.47. The Morgan fingerprint density at radius 2 is 2.19 bits per heavy atom. The fourth-order valence-corrected chi connectivity index (χ4v) is 1.45. The maximum absolute atomic E-state index is 5.50. The summed E-state index contributed by atoms with van der Waals surface area (Å²) in [5, 5.41) is 3.40. The second-order valence-electron chi connectivity index (χ2n) is 4.51. The third-order valence-corrected chi connectivity index (χ3v) is 2.34. The van der Waals surface area contributed by atoms with Crippen molar-refractivity contribution in [3.8, 4) is 0 Å². The van der Waals surface area contributed by atoms with E-state index >= 15 is 0 Å². The van der Waals surface area contributed by atoms with Gasteiger partial charge in [-0.25, -0.2) is 0 Å². The number of rotatable bonds is 8.